The number of hydrogen-bond donors (Lipinski definition) is 1. The van der Waals surface area contributed by atoms with Crippen LogP contribution in [0.1, 0.15) is 23.4 Å². The van der Waals surface area contributed by atoms with E-state index in [2.05, 4.69) is 15.5 Å². The van der Waals surface area contributed by atoms with Crippen LogP contribution < -0.4 is 14.8 Å². The van der Waals surface area contributed by atoms with Gasteiger partial charge in [0, 0.05) is 10.4 Å². The van der Waals surface area contributed by atoms with Crippen molar-refractivity contribution in [1.29, 1.82) is 0 Å². The number of nitrogens with zero attached hydrogens (tertiary/aromatic N) is 3. The van der Waals surface area contributed by atoms with Crippen molar-refractivity contribution < 1.29 is 14.3 Å². The molecule has 3 heterocycles. The number of aromatic nitrogens is 3. The van der Waals surface area contributed by atoms with E-state index >= 15 is 0 Å². The van der Waals surface area contributed by atoms with E-state index < -0.39 is 0 Å². The minimum atomic E-state index is -0.0419. The highest BCUT2D eigenvalue weighted by molar-refractivity contribution is 7.99. The molecule has 5 rings (SSSR count). The van der Waals surface area contributed by atoms with Crippen LogP contribution in [0.15, 0.2) is 71.2 Å². The van der Waals surface area contributed by atoms with E-state index in [0.29, 0.717) is 11.7 Å². The zero-order valence-corrected chi connectivity index (χ0v) is 19.6. The molecule has 33 heavy (non-hydrogen) atoms. The van der Waals surface area contributed by atoms with Gasteiger partial charge in [-0.1, -0.05) is 54.2 Å². The number of fused-ring (bicyclic) bond motifs is 1. The third kappa shape index (κ3) is 4.89. The van der Waals surface area contributed by atoms with E-state index in [-0.39, 0.29) is 24.5 Å². The lowest BCUT2D eigenvalue weighted by Gasteiger charge is -2.13. The number of amides is 1. The fourth-order valence-corrected chi connectivity index (χ4v) is 5.07. The van der Waals surface area contributed by atoms with Gasteiger partial charge in [-0.2, -0.15) is 0 Å². The second kappa shape index (κ2) is 9.68. The van der Waals surface area contributed by atoms with E-state index in [9.17, 15) is 4.79 Å². The van der Waals surface area contributed by atoms with Crippen molar-refractivity contribution in [2.45, 2.75) is 24.7 Å². The minimum absolute atomic E-state index is 0.0236. The molecule has 1 aliphatic rings. The van der Waals surface area contributed by atoms with Gasteiger partial charge in [-0.3, -0.25) is 9.36 Å². The molecule has 168 valence electrons. The molecule has 0 aliphatic carbocycles. The maximum Gasteiger partial charge on any atom is 0.231 e. The lowest BCUT2D eigenvalue weighted by Crippen LogP contribution is -2.27. The molecule has 0 saturated carbocycles. The smallest absolute Gasteiger partial charge is 0.231 e. The molecule has 1 amide bonds. The fraction of sp³-hybridized carbons (Fsp3) is 0.208. The zero-order chi connectivity index (χ0) is 22.6. The lowest BCUT2D eigenvalue weighted by atomic mass is 10.2. The van der Waals surface area contributed by atoms with Crippen molar-refractivity contribution in [2.24, 2.45) is 0 Å². The molecule has 1 N–H and O–H groups in total. The Morgan fingerprint density at radius 1 is 1.12 bits per heavy atom. The molecule has 1 aliphatic heterocycles. The summed E-state index contributed by atoms with van der Waals surface area (Å²) < 4.78 is 13.0. The summed E-state index contributed by atoms with van der Waals surface area (Å²) in [6, 6.07) is 19.8. The number of thioether (sulfide) groups is 1. The summed E-state index contributed by atoms with van der Waals surface area (Å²) in [5.74, 6) is 2.45. The van der Waals surface area contributed by atoms with Crippen LogP contribution in [0.2, 0.25) is 0 Å². The first-order valence-electron chi connectivity index (χ1n) is 10.5. The number of carbonyl (C=O) groups is 1. The predicted octanol–water partition coefficient (Wildman–Crippen LogP) is 4.75. The molecule has 2 aromatic heterocycles. The normalized spacial score (nSPS) is 13.1. The van der Waals surface area contributed by atoms with Crippen LogP contribution in [0.5, 0.6) is 11.5 Å². The summed E-state index contributed by atoms with van der Waals surface area (Å²) in [5, 5.41) is 14.6. The van der Waals surface area contributed by atoms with Crippen molar-refractivity contribution >= 4 is 29.0 Å². The van der Waals surface area contributed by atoms with Crippen molar-refractivity contribution in [1.82, 2.24) is 20.1 Å². The van der Waals surface area contributed by atoms with Gasteiger partial charge in [0.25, 0.3) is 0 Å². The largest absolute Gasteiger partial charge is 0.454 e. The van der Waals surface area contributed by atoms with E-state index in [0.717, 1.165) is 33.3 Å². The van der Waals surface area contributed by atoms with Gasteiger partial charge < -0.3 is 14.8 Å². The van der Waals surface area contributed by atoms with E-state index in [1.165, 1.54) is 11.8 Å². The summed E-state index contributed by atoms with van der Waals surface area (Å²) in [4.78, 5) is 13.7. The van der Waals surface area contributed by atoms with Gasteiger partial charge >= 0.3 is 0 Å². The molecule has 9 heteroatoms. The first kappa shape index (κ1) is 21.5. The molecule has 7 nitrogen and oxygen atoms in total. The van der Waals surface area contributed by atoms with Gasteiger partial charge in [-0.05, 0) is 36.1 Å². The van der Waals surface area contributed by atoms with Gasteiger partial charge in [0.1, 0.15) is 0 Å². The molecule has 0 saturated heterocycles. The third-order valence-electron chi connectivity index (χ3n) is 5.21. The Balaban J connectivity index is 1.35. The second-order valence-electron chi connectivity index (χ2n) is 7.54. The third-order valence-corrected chi connectivity index (χ3v) is 7.23. The summed E-state index contributed by atoms with van der Waals surface area (Å²) in [5.41, 5.74) is 2.00. The van der Waals surface area contributed by atoms with Crippen LogP contribution in [0.4, 0.5) is 0 Å². The fourth-order valence-electron chi connectivity index (χ4n) is 3.58. The van der Waals surface area contributed by atoms with Gasteiger partial charge in [-0.15, -0.1) is 21.5 Å². The van der Waals surface area contributed by atoms with Gasteiger partial charge in [0.05, 0.1) is 18.3 Å². The summed E-state index contributed by atoms with van der Waals surface area (Å²) in [6.07, 6.45) is 0. The standard InChI is InChI=1S/C24H22N4O3S2/c1-16(21-8-5-11-32-21)25-22(29)14-33-24-27-26-23(18-6-3-2-4-7-18)28(24)13-17-9-10-19-20(12-17)31-15-30-19/h2-12,16H,13-15H2,1H3,(H,25,29). The SMILES string of the molecule is CC(NC(=O)CSc1nnc(-c2ccccc2)n1Cc1ccc2c(c1)OCO2)c1cccs1. The molecule has 1 atom stereocenters. The minimum Gasteiger partial charge on any atom is -0.454 e. The average Bonchev–Trinajstić information content (AvgIpc) is 3.59. The maximum atomic E-state index is 12.6. The molecule has 0 spiro atoms. The van der Waals surface area contributed by atoms with Crippen LogP contribution in [-0.2, 0) is 11.3 Å². The Kier molecular flexibility index (Phi) is 6.32. The Bertz CT molecular complexity index is 1240. The Morgan fingerprint density at radius 2 is 1.97 bits per heavy atom. The van der Waals surface area contributed by atoms with Crippen molar-refractivity contribution in [3.05, 3.63) is 76.5 Å². The van der Waals surface area contributed by atoms with E-state index in [1.54, 1.807) is 11.3 Å². The molecule has 0 bridgehead atoms. The van der Waals surface area contributed by atoms with Crippen molar-refractivity contribution in [2.75, 3.05) is 12.5 Å². The second-order valence-corrected chi connectivity index (χ2v) is 9.46. The van der Waals surface area contributed by atoms with Crippen LogP contribution >= 0.6 is 23.1 Å². The van der Waals surface area contributed by atoms with Crippen LogP contribution in [0.25, 0.3) is 11.4 Å². The molecule has 0 radical (unpaired) electrons. The first-order chi connectivity index (χ1) is 16.2. The quantitative estimate of drug-likeness (QED) is 0.368. The molecular formula is C24H22N4O3S2. The van der Waals surface area contributed by atoms with E-state index in [1.807, 2.05) is 77.5 Å². The van der Waals surface area contributed by atoms with Gasteiger partial charge in [0.15, 0.2) is 22.5 Å². The van der Waals surface area contributed by atoms with Gasteiger partial charge in [0.2, 0.25) is 12.7 Å². The van der Waals surface area contributed by atoms with Crippen molar-refractivity contribution in [3.8, 4) is 22.9 Å². The highest BCUT2D eigenvalue weighted by Gasteiger charge is 2.19. The summed E-state index contributed by atoms with van der Waals surface area (Å²) in [6.45, 7) is 2.77. The van der Waals surface area contributed by atoms with Gasteiger partial charge in [-0.25, -0.2) is 0 Å². The number of hydrogen-bond acceptors (Lipinski definition) is 7. The lowest BCUT2D eigenvalue weighted by molar-refractivity contribution is -0.119. The Hall–Kier alpha value is -3.30. The zero-order valence-electron chi connectivity index (χ0n) is 17.9. The molecular weight excluding hydrogens is 456 g/mol. The highest BCUT2D eigenvalue weighted by atomic mass is 32.2. The maximum absolute atomic E-state index is 12.6. The average molecular weight is 479 g/mol. The molecule has 1 unspecified atom stereocenters. The highest BCUT2D eigenvalue weighted by Crippen LogP contribution is 2.33. The predicted molar refractivity (Wildman–Crippen MR) is 129 cm³/mol. The van der Waals surface area contributed by atoms with Crippen LogP contribution in [0.3, 0.4) is 0 Å². The molecule has 4 aromatic rings. The topological polar surface area (TPSA) is 78.3 Å². The molecule has 2 aromatic carbocycles. The number of carbonyl (C=O) groups excluding carboxylic acids is 1. The van der Waals surface area contributed by atoms with Crippen molar-refractivity contribution in [3.63, 3.8) is 0 Å². The molecule has 0 fully saturated rings. The van der Waals surface area contributed by atoms with E-state index in [4.69, 9.17) is 9.47 Å². The summed E-state index contributed by atoms with van der Waals surface area (Å²) >= 11 is 3.01. The summed E-state index contributed by atoms with van der Waals surface area (Å²) in [7, 11) is 0. The number of thiophene rings is 1. The number of benzene rings is 2. The Morgan fingerprint density at radius 3 is 2.79 bits per heavy atom. The first-order valence-corrected chi connectivity index (χ1v) is 12.4. The number of ether oxygens (including phenoxy) is 2. The van der Waals surface area contributed by atoms with Crippen LogP contribution in [-0.4, -0.2) is 33.2 Å². The number of rotatable bonds is 8. The number of nitrogens with one attached hydrogen (secondary N) is 1. The van der Waals surface area contributed by atoms with Crippen LogP contribution in [0, 0.1) is 0 Å². The monoisotopic (exact) mass is 478 g/mol. The Labute approximate surface area is 199 Å².